The highest BCUT2D eigenvalue weighted by Crippen LogP contribution is 2.19. The Morgan fingerprint density at radius 3 is 3.00 bits per heavy atom. The highest BCUT2D eigenvalue weighted by molar-refractivity contribution is 6.16. The number of ether oxygens (including phenoxy) is 1. The molecule has 0 N–H and O–H groups in total. The fraction of sp³-hybridized carbons (Fsp3) is 0.692. The lowest BCUT2D eigenvalue weighted by atomic mass is 10.1. The average molecular weight is 270 g/mol. The number of hydrogen-bond donors (Lipinski definition) is 0. The Hall–Kier alpha value is -0.870. The van der Waals surface area contributed by atoms with E-state index in [0.29, 0.717) is 12.0 Å². The monoisotopic (exact) mass is 269 g/mol. The molecule has 1 atom stereocenters. The second-order valence-electron chi connectivity index (χ2n) is 4.60. The molecule has 1 saturated heterocycles. The molecule has 2 heterocycles. The van der Waals surface area contributed by atoms with Gasteiger partial charge in [0, 0.05) is 19.7 Å². The molecule has 0 spiro atoms. The maximum absolute atomic E-state index is 5.82. The summed E-state index contributed by atoms with van der Waals surface area (Å²) in [6.45, 7) is 4.92. The highest BCUT2D eigenvalue weighted by atomic mass is 35.5. The molecule has 1 unspecified atom stereocenters. The number of rotatable bonds is 5. The zero-order valence-corrected chi connectivity index (χ0v) is 11.6. The molecule has 2 rings (SSSR count). The van der Waals surface area contributed by atoms with Crippen molar-refractivity contribution in [2.24, 2.45) is 0 Å². The number of alkyl halides is 1. The second-order valence-corrected chi connectivity index (χ2v) is 4.86. The Morgan fingerprint density at radius 1 is 1.44 bits per heavy atom. The van der Waals surface area contributed by atoms with Crippen molar-refractivity contribution in [1.29, 1.82) is 0 Å². The predicted molar refractivity (Wildman–Crippen MR) is 73.1 cm³/mol. The summed E-state index contributed by atoms with van der Waals surface area (Å²) in [6, 6.07) is 3.93. The summed E-state index contributed by atoms with van der Waals surface area (Å²) in [5.41, 5.74) is 0.816. The van der Waals surface area contributed by atoms with E-state index in [4.69, 9.17) is 16.3 Å². The third-order valence-corrected chi connectivity index (χ3v) is 3.38. The molecule has 0 aromatic carbocycles. The molecular weight excluding hydrogens is 250 g/mol. The summed E-state index contributed by atoms with van der Waals surface area (Å²) in [7, 11) is 0. The van der Waals surface area contributed by atoms with Gasteiger partial charge in [0.1, 0.15) is 0 Å². The molecule has 0 amide bonds. The van der Waals surface area contributed by atoms with Gasteiger partial charge in [-0.05, 0) is 31.4 Å². The molecule has 1 aliphatic heterocycles. The predicted octanol–water partition coefficient (Wildman–Crippen LogP) is 2.61. The van der Waals surface area contributed by atoms with Crippen molar-refractivity contribution < 1.29 is 4.74 Å². The summed E-state index contributed by atoms with van der Waals surface area (Å²) in [5, 5.41) is 8.32. The summed E-state index contributed by atoms with van der Waals surface area (Å²) in [5.74, 6) is 1.34. The van der Waals surface area contributed by atoms with Crippen LogP contribution in [0.4, 0.5) is 5.82 Å². The van der Waals surface area contributed by atoms with E-state index in [9.17, 15) is 0 Å². The number of nitrogens with zero attached hydrogens (tertiary/aromatic N) is 3. The third kappa shape index (κ3) is 3.56. The Bertz CT molecular complexity index is 358. The minimum absolute atomic E-state index is 0.327. The molecule has 100 valence electrons. The van der Waals surface area contributed by atoms with Crippen LogP contribution in [0.1, 0.15) is 31.9 Å². The maximum atomic E-state index is 5.82. The SMILES string of the molecule is CCCOC1CCCN(c2ccc(CCl)nn2)C1. The van der Waals surface area contributed by atoms with Crippen LogP contribution in [0.3, 0.4) is 0 Å². The number of aromatic nitrogens is 2. The Morgan fingerprint density at radius 2 is 2.33 bits per heavy atom. The highest BCUT2D eigenvalue weighted by Gasteiger charge is 2.21. The van der Waals surface area contributed by atoms with Crippen molar-refractivity contribution >= 4 is 17.4 Å². The molecule has 4 nitrogen and oxygen atoms in total. The molecule has 1 aliphatic rings. The van der Waals surface area contributed by atoms with Crippen molar-refractivity contribution in [3.05, 3.63) is 17.8 Å². The van der Waals surface area contributed by atoms with Crippen LogP contribution in [0.25, 0.3) is 0 Å². The molecule has 18 heavy (non-hydrogen) atoms. The molecule has 0 saturated carbocycles. The number of halogens is 1. The van der Waals surface area contributed by atoms with Crippen molar-refractivity contribution in [1.82, 2.24) is 10.2 Å². The molecule has 0 bridgehead atoms. The smallest absolute Gasteiger partial charge is 0.151 e. The van der Waals surface area contributed by atoms with Gasteiger partial charge >= 0.3 is 0 Å². The largest absolute Gasteiger partial charge is 0.376 e. The van der Waals surface area contributed by atoms with E-state index in [1.54, 1.807) is 0 Å². The summed E-state index contributed by atoms with van der Waals surface area (Å²) in [6.07, 6.45) is 3.69. The molecule has 5 heteroatoms. The van der Waals surface area contributed by atoms with E-state index in [1.807, 2.05) is 12.1 Å². The van der Waals surface area contributed by atoms with Crippen LogP contribution in [-0.4, -0.2) is 36.0 Å². The fourth-order valence-corrected chi connectivity index (χ4v) is 2.30. The standard InChI is InChI=1S/C13H20ClN3O/c1-2-8-18-12-4-3-7-17(10-12)13-6-5-11(9-14)15-16-13/h5-6,12H,2-4,7-10H2,1H3. The number of hydrogen-bond acceptors (Lipinski definition) is 4. The van der Waals surface area contributed by atoms with Gasteiger partial charge in [0.25, 0.3) is 0 Å². The first kappa shape index (κ1) is 13.6. The minimum Gasteiger partial charge on any atom is -0.376 e. The Balaban J connectivity index is 1.94. The zero-order chi connectivity index (χ0) is 12.8. The van der Waals surface area contributed by atoms with E-state index in [-0.39, 0.29) is 0 Å². The van der Waals surface area contributed by atoms with Crippen LogP contribution in [-0.2, 0) is 10.6 Å². The van der Waals surface area contributed by atoms with E-state index >= 15 is 0 Å². The van der Waals surface area contributed by atoms with Gasteiger partial charge in [0.15, 0.2) is 5.82 Å². The maximum Gasteiger partial charge on any atom is 0.151 e. The number of piperidine rings is 1. The van der Waals surface area contributed by atoms with Crippen LogP contribution in [0, 0.1) is 0 Å². The van der Waals surface area contributed by atoms with E-state index in [2.05, 4.69) is 22.0 Å². The molecule has 0 aliphatic carbocycles. The molecule has 1 aromatic rings. The first-order valence-corrected chi connectivity index (χ1v) is 7.12. The van der Waals surface area contributed by atoms with E-state index < -0.39 is 0 Å². The van der Waals surface area contributed by atoms with Crippen LogP contribution >= 0.6 is 11.6 Å². The van der Waals surface area contributed by atoms with Gasteiger partial charge in [-0.3, -0.25) is 0 Å². The lowest BCUT2D eigenvalue weighted by molar-refractivity contribution is 0.0439. The molecule has 1 aromatic heterocycles. The Kier molecular flexibility index (Phi) is 5.20. The molecule has 1 fully saturated rings. The molecule has 0 radical (unpaired) electrons. The fourth-order valence-electron chi connectivity index (χ4n) is 2.16. The van der Waals surface area contributed by atoms with Crippen LogP contribution in [0.15, 0.2) is 12.1 Å². The summed E-state index contributed by atoms with van der Waals surface area (Å²) in [4.78, 5) is 2.24. The second kappa shape index (κ2) is 6.90. The minimum atomic E-state index is 0.327. The zero-order valence-electron chi connectivity index (χ0n) is 10.8. The van der Waals surface area contributed by atoms with E-state index in [0.717, 1.165) is 50.5 Å². The normalized spacial score (nSPS) is 20.1. The quantitative estimate of drug-likeness (QED) is 0.770. The number of anilines is 1. The third-order valence-electron chi connectivity index (χ3n) is 3.10. The van der Waals surface area contributed by atoms with Gasteiger partial charge in [-0.15, -0.1) is 16.7 Å². The summed E-state index contributed by atoms with van der Waals surface area (Å²) >= 11 is 5.71. The Labute approximate surface area is 113 Å². The van der Waals surface area contributed by atoms with Crippen molar-refractivity contribution in [2.75, 3.05) is 24.6 Å². The van der Waals surface area contributed by atoms with E-state index in [1.165, 1.54) is 0 Å². The van der Waals surface area contributed by atoms with Crippen LogP contribution < -0.4 is 4.90 Å². The first-order valence-electron chi connectivity index (χ1n) is 6.58. The van der Waals surface area contributed by atoms with Gasteiger partial charge in [0.05, 0.1) is 17.7 Å². The summed E-state index contributed by atoms with van der Waals surface area (Å²) < 4.78 is 5.82. The van der Waals surface area contributed by atoms with Crippen LogP contribution in [0.2, 0.25) is 0 Å². The van der Waals surface area contributed by atoms with Crippen molar-refractivity contribution in [3.8, 4) is 0 Å². The van der Waals surface area contributed by atoms with Gasteiger partial charge in [-0.1, -0.05) is 6.92 Å². The molecular formula is C13H20ClN3O. The van der Waals surface area contributed by atoms with Crippen molar-refractivity contribution in [2.45, 2.75) is 38.2 Å². The first-order chi connectivity index (χ1) is 8.83. The topological polar surface area (TPSA) is 38.2 Å². The van der Waals surface area contributed by atoms with Crippen molar-refractivity contribution in [3.63, 3.8) is 0 Å². The van der Waals surface area contributed by atoms with Gasteiger partial charge in [-0.25, -0.2) is 0 Å². The average Bonchev–Trinajstić information content (AvgIpc) is 2.45. The lowest BCUT2D eigenvalue weighted by Gasteiger charge is -2.33. The van der Waals surface area contributed by atoms with Gasteiger partial charge < -0.3 is 9.64 Å². The lowest BCUT2D eigenvalue weighted by Crippen LogP contribution is -2.40. The van der Waals surface area contributed by atoms with Gasteiger partial charge in [0.2, 0.25) is 0 Å². The van der Waals surface area contributed by atoms with Crippen LogP contribution in [0.5, 0.6) is 0 Å². The van der Waals surface area contributed by atoms with Gasteiger partial charge in [-0.2, -0.15) is 5.10 Å².